The minimum absolute atomic E-state index is 0.301. The number of carboxylic acid groups (broad SMARTS) is 1. The number of hydrogen-bond donors (Lipinski definition) is 2. The molecule has 0 aromatic heterocycles. The molecule has 1 aromatic carbocycles. The van der Waals surface area contributed by atoms with Crippen molar-refractivity contribution in [2.45, 2.75) is 32.1 Å². The van der Waals surface area contributed by atoms with Gasteiger partial charge in [0.2, 0.25) is 0 Å². The zero-order valence-electron chi connectivity index (χ0n) is 9.54. The molecule has 3 N–H and O–H groups in total. The van der Waals surface area contributed by atoms with E-state index in [4.69, 9.17) is 28.9 Å². The Morgan fingerprint density at radius 2 is 2.12 bits per heavy atom. The summed E-state index contributed by atoms with van der Waals surface area (Å²) in [6.07, 6.45) is 2.28. The molecular weight excluding hydrogens is 261 g/mol. The van der Waals surface area contributed by atoms with Gasteiger partial charge in [-0.2, -0.15) is 0 Å². The smallest absolute Gasteiger partial charge is 0.311 e. The van der Waals surface area contributed by atoms with E-state index in [0.29, 0.717) is 27.7 Å². The van der Waals surface area contributed by atoms with Gasteiger partial charge in [-0.25, -0.2) is 0 Å². The predicted molar refractivity (Wildman–Crippen MR) is 70.8 cm³/mol. The number of carbonyl (C=O) groups is 1. The number of carboxylic acids is 1. The number of nitrogens with two attached hydrogens (primary N) is 1. The second-order valence-corrected chi connectivity index (χ2v) is 4.77. The fourth-order valence-corrected chi connectivity index (χ4v) is 2.22. The van der Waals surface area contributed by atoms with E-state index in [1.807, 2.05) is 6.92 Å². The fourth-order valence-electron chi connectivity index (χ4n) is 1.71. The first kappa shape index (κ1) is 14.1. The molecule has 0 aliphatic heterocycles. The first-order valence-electron chi connectivity index (χ1n) is 5.44. The molecule has 0 spiro atoms. The van der Waals surface area contributed by atoms with E-state index in [1.165, 1.54) is 6.07 Å². The Kier molecular flexibility index (Phi) is 5.09. The third-order valence-corrected chi connectivity index (χ3v) is 3.18. The van der Waals surface area contributed by atoms with Crippen LogP contribution in [0.15, 0.2) is 12.1 Å². The van der Waals surface area contributed by atoms with E-state index in [0.717, 1.165) is 12.8 Å². The summed E-state index contributed by atoms with van der Waals surface area (Å²) in [4.78, 5) is 11.2. The molecular formula is C12H15Cl2NO2. The van der Waals surface area contributed by atoms with Crippen LogP contribution in [0.5, 0.6) is 0 Å². The molecule has 5 heteroatoms. The minimum atomic E-state index is -0.900. The van der Waals surface area contributed by atoms with Gasteiger partial charge in [-0.05, 0) is 24.1 Å². The van der Waals surface area contributed by atoms with Gasteiger partial charge in [-0.3, -0.25) is 4.79 Å². The van der Waals surface area contributed by atoms with Crippen molar-refractivity contribution in [3.8, 4) is 0 Å². The Hall–Kier alpha value is -0.930. The van der Waals surface area contributed by atoms with Crippen molar-refractivity contribution in [1.82, 2.24) is 0 Å². The highest BCUT2D eigenvalue weighted by atomic mass is 35.5. The number of halogens is 2. The van der Waals surface area contributed by atoms with Crippen LogP contribution in [0.1, 0.15) is 37.7 Å². The number of aliphatic carboxylic acids is 1. The molecule has 0 bridgehead atoms. The van der Waals surface area contributed by atoms with Crippen LogP contribution in [0.4, 0.5) is 5.69 Å². The summed E-state index contributed by atoms with van der Waals surface area (Å²) in [5, 5.41) is 9.92. The zero-order chi connectivity index (χ0) is 13.0. The Morgan fingerprint density at radius 1 is 1.47 bits per heavy atom. The summed E-state index contributed by atoms with van der Waals surface area (Å²) in [5.74, 6) is -1.55. The van der Waals surface area contributed by atoms with Crippen LogP contribution in [0, 0.1) is 0 Å². The topological polar surface area (TPSA) is 63.3 Å². The average Bonchev–Trinajstić information content (AvgIpc) is 2.24. The molecule has 94 valence electrons. The quantitative estimate of drug-likeness (QED) is 0.801. The number of unbranched alkanes of at least 4 members (excludes halogenated alkanes) is 1. The van der Waals surface area contributed by atoms with Gasteiger partial charge < -0.3 is 10.8 Å². The molecule has 17 heavy (non-hydrogen) atoms. The van der Waals surface area contributed by atoms with Gasteiger partial charge in [0.25, 0.3) is 0 Å². The highest BCUT2D eigenvalue weighted by Gasteiger charge is 2.23. The Morgan fingerprint density at radius 3 is 2.65 bits per heavy atom. The lowest BCUT2D eigenvalue weighted by molar-refractivity contribution is -0.139. The summed E-state index contributed by atoms with van der Waals surface area (Å²) >= 11 is 11.8. The van der Waals surface area contributed by atoms with Crippen molar-refractivity contribution >= 4 is 34.9 Å². The van der Waals surface area contributed by atoms with Crippen LogP contribution in [-0.4, -0.2) is 11.1 Å². The van der Waals surface area contributed by atoms with E-state index in [-0.39, 0.29) is 0 Å². The van der Waals surface area contributed by atoms with Gasteiger partial charge >= 0.3 is 5.97 Å². The highest BCUT2D eigenvalue weighted by Crippen LogP contribution is 2.34. The van der Waals surface area contributed by atoms with E-state index in [2.05, 4.69) is 0 Å². The SMILES string of the molecule is CCCCC(C(=O)O)c1cc(Cl)cc(Cl)c1N. The molecule has 0 aliphatic rings. The Balaban J connectivity index is 3.13. The Bertz CT molecular complexity index is 421. The van der Waals surface area contributed by atoms with Crippen LogP contribution in [0.25, 0.3) is 0 Å². The first-order valence-corrected chi connectivity index (χ1v) is 6.20. The lowest BCUT2D eigenvalue weighted by Gasteiger charge is -2.16. The van der Waals surface area contributed by atoms with Gasteiger partial charge in [0.1, 0.15) is 0 Å². The van der Waals surface area contributed by atoms with Crippen molar-refractivity contribution in [2.24, 2.45) is 0 Å². The van der Waals surface area contributed by atoms with E-state index in [1.54, 1.807) is 6.07 Å². The van der Waals surface area contributed by atoms with Crippen LogP contribution in [0.3, 0.4) is 0 Å². The normalized spacial score (nSPS) is 12.4. The second-order valence-electron chi connectivity index (χ2n) is 3.92. The lowest BCUT2D eigenvalue weighted by Crippen LogP contribution is -2.13. The standard InChI is InChI=1S/C12H15Cl2NO2/c1-2-3-4-8(12(16)17)9-5-7(13)6-10(14)11(9)15/h5-6,8H,2-4,15H2,1H3,(H,16,17). The van der Waals surface area contributed by atoms with E-state index in [9.17, 15) is 9.90 Å². The lowest BCUT2D eigenvalue weighted by atomic mass is 9.92. The monoisotopic (exact) mass is 275 g/mol. The molecule has 1 rings (SSSR count). The van der Waals surface area contributed by atoms with Crippen LogP contribution < -0.4 is 5.73 Å². The summed E-state index contributed by atoms with van der Waals surface area (Å²) in [7, 11) is 0. The van der Waals surface area contributed by atoms with Gasteiger partial charge in [-0.15, -0.1) is 0 Å². The molecule has 1 aromatic rings. The predicted octanol–water partition coefficient (Wildman–Crippen LogP) is 3.93. The third kappa shape index (κ3) is 3.51. The maximum absolute atomic E-state index is 11.2. The molecule has 0 radical (unpaired) electrons. The molecule has 1 atom stereocenters. The Labute approximate surface area is 111 Å². The fraction of sp³-hybridized carbons (Fsp3) is 0.417. The summed E-state index contributed by atoms with van der Waals surface area (Å²) in [6, 6.07) is 3.10. The van der Waals surface area contributed by atoms with Crippen LogP contribution in [-0.2, 0) is 4.79 Å². The third-order valence-electron chi connectivity index (χ3n) is 2.65. The largest absolute Gasteiger partial charge is 0.481 e. The van der Waals surface area contributed by atoms with Crippen molar-refractivity contribution in [3.05, 3.63) is 27.7 Å². The summed E-state index contributed by atoms with van der Waals surface area (Å²) in [6.45, 7) is 2.01. The summed E-state index contributed by atoms with van der Waals surface area (Å²) < 4.78 is 0. The maximum atomic E-state index is 11.2. The average molecular weight is 276 g/mol. The second kappa shape index (κ2) is 6.12. The zero-order valence-corrected chi connectivity index (χ0v) is 11.1. The van der Waals surface area contributed by atoms with Crippen LogP contribution >= 0.6 is 23.2 Å². The molecule has 0 heterocycles. The highest BCUT2D eigenvalue weighted by molar-refractivity contribution is 6.36. The summed E-state index contributed by atoms with van der Waals surface area (Å²) in [5.41, 5.74) is 6.62. The number of hydrogen-bond acceptors (Lipinski definition) is 2. The van der Waals surface area contributed by atoms with Gasteiger partial charge in [0, 0.05) is 5.02 Å². The van der Waals surface area contributed by atoms with Gasteiger partial charge in [0.15, 0.2) is 0 Å². The number of rotatable bonds is 5. The molecule has 0 aliphatic carbocycles. The maximum Gasteiger partial charge on any atom is 0.311 e. The number of anilines is 1. The van der Waals surface area contributed by atoms with E-state index >= 15 is 0 Å². The number of benzene rings is 1. The molecule has 1 unspecified atom stereocenters. The van der Waals surface area contributed by atoms with Crippen LogP contribution in [0.2, 0.25) is 10.0 Å². The minimum Gasteiger partial charge on any atom is -0.481 e. The van der Waals surface area contributed by atoms with Crippen molar-refractivity contribution in [2.75, 3.05) is 5.73 Å². The van der Waals surface area contributed by atoms with Crippen molar-refractivity contribution in [1.29, 1.82) is 0 Å². The first-order chi connectivity index (χ1) is 7.97. The molecule has 0 saturated carbocycles. The molecule has 0 saturated heterocycles. The van der Waals surface area contributed by atoms with E-state index < -0.39 is 11.9 Å². The molecule has 3 nitrogen and oxygen atoms in total. The van der Waals surface area contributed by atoms with Gasteiger partial charge in [0.05, 0.1) is 16.6 Å². The molecule has 0 amide bonds. The molecule has 0 fully saturated rings. The van der Waals surface area contributed by atoms with Crippen molar-refractivity contribution < 1.29 is 9.90 Å². The number of nitrogen functional groups attached to an aromatic ring is 1. The van der Waals surface area contributed by atoms with Crippen molar-refractivity contribution in [3.63, 3.8) is 0 Å². The van der Waals surface area contributed by atoms with Gasteiger partial charge in [-0.1, -0.05) is 43.0 Å².